The summed E-state index contributed by atoms with van der Waals surface area (Å²) in [6.45, 7) is 6.45. The Morgan fingerprint density at radius 3 is 2.53 bits per heavy atom. The quantitative estimate of drug-likeness (QED) is 0.823. The Morgan fingerprint density at radius 1 is 1.35 bits per heavy atom. The van der Waals surface area contributed by atoms with Gasteiger partial charge in [-0.25, -0.2) is 4.79 Å². The summed E-state index contributed by atoms with van der Waals surface area (Å²) in [5, 5.41) is 18.5. The van der Waals surface area contributed by atoms with Crippen LogP contribution in [0.1, 0.15) is 49.5 Å². The smallest absolute Gasteiger partial charge is 0.335 e. The van der Waals surface area contributed by atoms with Crippen molar-refractivity contribution in [2.24, 2.45) is 5.41 Å². The number of aryl methyl sites for hydroxylation is 1. The summed E-state index contributed by atoms with van der Waals surface area (Å²) in [6, 6.07) is 4.43. The molecule has 3 nitrogen and oxygen atoms in total. The highest BCUT2D eigenvalue weighted by atomic mass is 16.4. The van der Waals surface area contributed by atoms with E-state index < -0.39 is 5.97 Å². The van der Waals surface area contributed by atoms with E-state index in [2.05, 4.69) is 20.8 Å². The molecule has 17 heavy (non-hydrogen) atoms. The fourth-order valence-electron chi connectivity index (χ4n) is 1.65. The van der Waals surface area contributed by atoms with Gasteiger partial charge in [0.05, 0.1) is 5.56 Å². The zero-order valence-corrected chi connectivity index (χ0v) is 10.7. The molecule has 0 spiro atoms. The fourth-order valence-corrected chi connectivity index (χ4v) is 1.65. The SMILES string of the molecule is CCC(C)(C)CCc1cc(O)ccc1C(=O)O. The summed E-state index contributed by atoms with van der Waals surface area (Å²) < 4.78 is 0. The molecule has 1 aromatic rings. The molecule has 1 aromatic carbocycles. The molecule has 94 valence electrons. The zero-order valence-electron chi connectivity index (χ0n) is 10.7. The van der Waals surface area contributed by atoms with Crippen molar-refractivity contribution in [1.82, 2.24) is 0 Å². The van der Waals surface area contributed by atoms with E-state index in [1.54, 1.807) is 6.07 Å². The second-order valence-corrected chi connectivity index (χ2v) is 5.16. The van der Waals surface area contributed by atoms with Crippen molar-refractivity contribution in [3.63, 3.8) is 0 Å². The van der Waals surface area contributed by atoms with E-state index in [9.17, 15) is 9.90 Å². The van der Waals surface area contributed by atoms with Crippen LogP contribution < -0.4 is 0 Å². The number of aromatic hydroxyl groups is 1. The normalized spacial score (nSPS) is 11.5. The standard InChI is InChI=1S/C14H20O3/c1-4-14(2,3)8-7-10-9-11(15)5-6-12(10)13(16)17/h5-6,9,15H,4,7-8H2,1-3H3,(H,16,17). The van der Waals surface area contributed by atoms with Crippen LogP contribution in [0, 0.1) is 5.41 Å². The topological polar surface area (TPSA) is 57.5 Å². The van der Waals surface area contributed by atoms with Gasteiger partial charge in [0.1, 0.15) is 5.75 Å². The molecule has 2 N–H and O–H groups in total. The van der Waals surface area contributed by atoms with Gasteiger partial charge in [0.25, 0.3) is 0 Å². The summed E-state index contributed by atoms with van der Waals surface area (Å²) >= 11 is 0. The number of carboxylic acid groups (broad SMARTS) is 1. The fraction of sp³-hybridized carbons (Fsp3) is 0.500. The van der Waals surface area contributed by atoms with Crippen molar-refractivity contribution in [3.8, 4) is 5.75 Å². The van der Waals surface area contributed by atoms with Crippen LogP contribution in [0.2, 0.25) is 0 Å². The molecule has 0 heterocycles. The van der Waals surface area contributed by atoms with Crippen LogP contribution in [0.4, 0.5) is 0 Å². The first-order valence-electron chi connectivity index (χ1n) is 5.91. The third-order valence-electron chi connectivity index (χ3n) is 3.35. The van der Waals surface area contributed by atoms with E-state index in [1.165, 1.54) is 12.1 Å². The minimum Gasteiger partial charge on any atom is -0.508 e. The minimum atomic E-state index is -0.936. The number of hydrogen-bond donors (Lipinski definition) is 2. The molecule has 0 saturated heterocycles. The largest absolute Gasteiger partial charge is 0.508 e. The maximum atomic E-state index is 11.0. The lowest BCUT2D eigenvalue weighted by Gasteiger charge is -2.22. The first-order chi connectivity index (χ1) is 7.85. The third-order valence-corrected chi connectivity index (χ3v) is 3.35. The molecule has 0 bridgehead atoms. The van der Waals surface area contributed by atoms with Gasteiger partial charge in [-0.05, 0) is 42.0 Å². The second-order valence-electron chi connectivity index (χ2n) is 5.16. The first-order valence-corrected chi connectivity index (χ1v) is 5.91. The lowest BCUT2D eigenvalue weighted by atomic mass is 9.83. The van der Waals surface area contributed by atoms with E-state index in [0.29, 0.717) is 12.0 Å². The molecule has 0 unspecified atom stereocenters. The van der Waals surface area contributed by atoms with Gasteiger partial charge < -0.3 is 10.2 Å². The Hall–Kier alpha value is -1.51. The maximum absolute atomic E-state index is 11.0. The van der Waals surface area contributed by atoms with Crippen molar-refractivity contribution in [3.05, 3.63) is 29.3 Å². The van der Waals surface area contributed by atoms with Gasteiger partial charge in [-0.3, -0.25) is 0 Å². The molecule has 0 aliphatic heterocycles. The van der Waals surface area contributed by atoms with Crippen molar-refractivity contribution in [2.75, 3.05) is 0 Å². The predicted molar refractivity (Wildman–Crippen MR) is 67.5 cm³/mol. The summed E-state index contributed by atoms with van der Waals surface area (Å²) in [5.41, 5.74) is 1.19. The van der Waals surface area contributed by atoms with Crippen LogP contribution in [0.15, 0.2) is 18.2 Å². The van der Waals surface area contributed by atoms with Gasteiger partial charge in [-0.15, -0.1) is 0 Å². The number of benzene rings is 1. The van der Waals surface area contributed by atoms with E-state index >= 15 is 0 Å². The molecule has 0 amide bonds. The molecule has 0 aromatic heterocycles. The Morgan fingerprint density at radius 2 is 2.00 bits per heavy atom. The van der Waals surface area contributed by atoms with Gasteiger partial charge in [-0.1, -0.05) is 27.2 Å². The molecule has 1 rings (SSSR count). The van der Waals surface area contributed by atoms with E-state index in [-0.39, 0.29) is 16.7 Å². The summed E-state index contributed by atoms with van der Waals surface area (Å²) in [4.78, 5) is 11.0. The van der Waals surface area contributed by atoms with Gasteiger partial charge >= 0.3 is 5.97 Å². The molecule has 0 aliphatic rings. The Balaban J connectivity index is 2.89. The van der Waals surface area contributed by atoms with Gasteiger partial charge in [0.15, 0.2) is 0 Å². The predicted octanol–water partition coefficient (Wildman–Crippen LogP) is 3.46. The van der Waals surface area contributed by atoms with Crippen LogP contribution in [-0.4, -0.2) is 16.2 Å². The first kappa shape index (κ1) is 13.6. The summed E-state index contributed by atoms with van der Waals surface area (Å²) in [6.07, 6.45) is 2.64. The third kappa shape index (κ3) is 3.77. The maximum Gasteiger partial charge on any atom is 0.335 e. The number of phenolic OH excluding ortho intramolecular Hbond substituents is 1. The molecule has 0 aliphatic carbocycles. The van der Waals surface area contributed by atoms with E-state index in [1.807, 2.05) is 0 Å². The Labute approximate surface area is 102 Å². The second kappa shape index (κ2) is 5.21. The van der Waals surface area contributed by atoms with Crippen molar-refractivity contribution < 1.29 is 15.0 Å². The highest BCUT2D eigenvalue weighted by Gasteiger charge is 2.17. The summed E-state index contributed by atoms with van der Waals surface area (Å²) in [7, 11) is 0. The van der Waals surface area contributed by atoms with Crippen molar-refractivity contribution >= 4 is 5.97 Å². The number of rotatable bonds is 5. The number of hydrogen-bond acceptors (Lipinski definition) is 2. The van der Waals surface area contributed by atoms with Crippen LogP contribution in [-0.2, 0) is 6.42 Å². The molecule has 0 saturated carbocycles. The highest BCUT2D eigenvalue weighted by Crippen LogP contribution is 2.28. The lowest BCUT2D eigenvalue weighted by molar-refractivity contribution is 0.0695. The van der Waals surface area contributed by atoms with Gasteiger partial charge in [0, 0.05) is 0 Å². The molecule has 0 atom stereocenters. The van der Waals surface area contributed by atoms with Crippen LogP contribution in [0.3, 0.4) is 0 Å². The van der Waals surface area contributed by atoms with Crippen LogP contribution in [0.25, 0.3) is 0 Å². The molecular formula is C14H20O3. The Bertz CT molecular complexity index is 408. The minimum absolute atomic E-state index is 0.124. The number of aromatic carboxylic acids is 1. The average molecular weight is 236 g/mol. The Kier molecular flexibility index (Phi) is 4.16. The number of phenols is 1. The number of carbonyl (C=O) groups is 1. The number of carboxylic acids is 1. The average Bonchev–Trinajstić information content (AvgIpc) is 2.26. The summed E-state index contributed by atoms with van der Waals surface area (Å²) in [5.74, 6) is -0.811. The zero-order chi connectivity index (χ0) is 13.1. The molecule has 3 heteroatoms. The highest BCUT2D eigenvalue weighted by molar-refractivity contribution is 5.89. The molecule has 0 radical (unpaired) electrons. The molecule has 0 fully saturated rings. The van der Waals surface area contributed by atoms with E-state index in [0.717, 1.165) is 12.8 Å². The van der Waals surface area contributed by atoms with Crippen LogP contribution in [0.5, 0.6) is 5.75 Å². The van der Waals surface area contributed by atoms with Gasteiger partial charge in [-0.2, -0.15) is 0 Å². The van der Waals surface area contributed by atoms with Crippen molar-refractivity contribution in [2.45, 2.75) is 40.0 Å². The van der Waals surface area contributed by atoms with Crippen molar-refractivity contribution in [1.29, 1.82) is 0 Å². The molecular weight excluding hydrogens is 216 g/mol. The monoisotopic (exact) mass is 236 g/mol. The lowest BCUT2D eigenvalue weighted by Crippen LogP contribution is -2.12. The van der Waals surface area contributed by atoms with Crippen LogP contribution >= 0.6 is 0 Å². The van der Waals surface area contributed by atoms with E-state index in [4.69, 9.17) is 5.11 Å². The van der Waals surface area contributed by atoms with Gasteiger partial charge in [0.2, 0.25) is 0 Å².